The van der Waals surface area contributed by atoms with Crippen molar-refractivity contribution in [2.75, 3.05) is 0 Å². The largest absolute Gasteiger partial charge is 0.271 e. The van der Waals surface area contributed by atoms with Crippen LogP contribution in [0.4, 0.5) is 0 Å². The van der Waals surface area contributed by atoms with Crippen molar-refractivity contribution in [3.63, 3.8) is 0 Å². The number of carbonyl (C=O) groups is 1. The summed E-state index contributed by atoms with van der Waals surface area (Å²) in [5.74, 6) is -0.629. The third-order valence-corrected chi connectivity index (χ3v) is 3.96. The van der Waals surface area contributed by atoms with Crippen LogP contribution in [0, 0.1) is 0 Å². The first-order valence-corrected chi connectivity index (χ1v) is 7.19. The van der Waals surface area contributed by atoms with Crippen molar-refractivity contribution in [2.24, 2.45) is 0 Å². The lowest BCUT2D eigenvalue weighted by Crippen LogP contribution is -2.39. The predicted molar refractivity (Wildman–Crippen MR) is 87.3 cm³/mol. The number of carbonyl (C=O) groups excluding carboxylic acids is 1. The van der Waals surface area contributed by atoms with Gasteiger partial charge in [-0.25, -0.2) is 0 Å². The smallest absolute Gasteiger partial charge is 0.258 e. The van der Waals surface area contributed by atoms with Gasteiger partial charge in [0, 0.05) is 0 Å². The maximum absolute atomic E-state index is 12.5. The molecule has 0 spiro atoms. The zero-order valence-electron chi connectivity index (χ0n) is 12.1. The summed E-state index contributed by atoms with van der Waals surface area (Å²) in [4.78, 5) is 12.5. The molecule has 3 rings (SSSR count). The van der Waals surface area contributed by atoms with Crippen molar-refractivity contribution in [3.05, 3.63) is 108 Å². The summed E-state index contributed by atoms with van der Waals surface area (Å²) in [6.45, 7) is 0. The fourth-order valence-electron chi connectivity index (χ4n) is 2.96. The molecule has 0 aromatic heterocycles. The maximum atomic E-state index is 12.5. The predicted octanol–water partition coefficient (Wildman–Crippen LogP) is 3.83. The lowest BCUT2D eigenvalue weighted by atomic mass is 9.69. The molecule has 0 aliphatic heterocycles. The van der Waals surface area contributed by atoms with Crippen molar-refractivity contribution in [1.82, 2.24) is 5.73 Å². The molecule has 3 aromatic rings. The monoisotopic (exact) mass is 286 g/mol. The Morgan fingerprint density at radius 1 is 0.591 bits per heavy atom. The molecule has 0 heterocycles. The molecule has 0 saturated carbocycles. The fourth-order valence-corrected chi connectivity index (χ4v) is 2.96. The third kappa shape index (κ3) is 2.19. The Morgan fingerprint density at radius 3 is 1.09 bits per heavy atom. The number of benzene rings is 3. The van der Waals surface area contributed by atoms with Crippen LogP contribution in [0.1, 0.15) is 16.7 Å². The van der Waals surface area contributed by atoms with Gasteiger partial charge in [0.05, 0.1) is 0 Å². The Hall–Kier alpha value is -2.87. The van der Waals surface area contributed by atoms with Gasteiger partial charge in [-0.1, -0.05) is 91.0 Å². The van der Waals surface area contributed by atoms with Gasteiger partial charge in [-0.3, -0.25) is 10.5 Å². The van der Waals surface area contributed by atoms with Gasteiger partial charge in [-0.05, 0) is 16.7 Å². The first kappa shape index (κ1) is 14.1. The minimum atomic E-state index is -1.09. The molecule has 1 radical (unpaired) electrons. The fraction of sp³-hybridized carbons (Fsp3) is 0.0500. The van der Waals surface area contributed by atoms with E-state index in [0.29, 0.717) is 0 Å². The van der Waals surface area contributed by atoms with Gasteiger partial charge < -0.3 is 0 Å². The number of amides is 1. The highest BCUT2D eigenvalue weighted by molar-refractivity contribution is 5.94. The van der Waals surface area contributed by atoms with E-state index in [1.54, 1.807) is 0 Å². The van der Waals surface area contributed by atoms with Gasteiger partial charge in [0.2, 0.25) is 0 Å². The quantitative estimate of drug-likeness (QED) is 0.672. The molecular formula is C20H16NO. The van der Waals surface area contributed by atoms with E-state index >= 15 is 0 Å². The number of hydrogen-bond donors (Lipinski definition) is 0. The molecule has 0 aliphatic carbocycles. The van der Waals surface area contributed by atoms with Gasteiger partial charge in [-0.2, -0.15) is 0 Å². The summed E-state index contributed by atoms with van der Waals surface area (Å²) in [7, 11) is 0. The lowest BCUT2D eigenvalue weighted by Gasteiger charge is -2.32. The van der Waals surface area contributed by atoms with Crippen LogP contribution >= 0.6 is 0 Å². The second-order valence-corrected chi connectivity index (χ2v) is 5.18. The molecule has 0 fully saturated rings. The Morgan fingerprint density at radius 2 is 0.864 bits per heavy atom. The summed E-state index contributed by atoms with van der Waals surface area (Å²) in [6, 6.07) is 28.6. The zero-order chi connectivity index (χ0) is 15.4. The molecular weight excluding hydrogens is 270 g/mol. The zero-order valence-corrected chi connectivity index (χ0v) is 12.1. The van der Waals surface area contributed by atoms with Gasteiger partial charge in [0.15, 0.2) is 0 Å². The second kappa shape index (κ2) is 5.86. The topological polar surface area (TPSA) is 40.9 Å². The summed E-state index contributed by atoms with van der Waals surface area (Å²) in [5.41, 5.74) is 9.40. The summed E-state index contributed by atoms with van der Waals surface area (Å²) in [6.07, 6.45) is 0. The number of hydrogen-bond acceptors (Lipinski definition) is 1. The molecule has 2 heteroatoms. The van der Waals surface area contributed by atoms with Crippen LogP contribution in [0.3, 0.4) is 0 Å². The molecule has 0 saturated heterocycles. The average molecular weight is 286 g/mol. The first-order valence-electron chi connectivity index (χ1n) is 7.19. The third-order valence-electron chi connectivity index (χ3n) is 3.96. The standard InChI is InChI=1S/C20H16NO/c21-19(22)20(16-10-4-1-5-11-16,17-12-6-2-7-13-17)18-14-8-3-9-15-18/h1-15,21H. The normalized spacial score (nSPS) is 11.1. The van der Waals surface area contributed by atoms with Crippen molar-refractivity contribution in [3.8, 4) is 0 Å². The maximum Gasteiger partial charge on any atom is 0.258 e. The summed E-state index contributed by atoms with van der Waals surface area (Å²) < 4.78 is 0. The molecule has 3 aromatic carbocycles. The van der Waals surface area contributed by atoms with Crippen molar-refractivity contribution >= 4 is 5.91 Å². The van der Waals surface area contributed by atoms with Crippen LogP contribution in [-0.4, -0.2) is 5.91 Å². The van der Waals surface area contributed by atoms with Crippen molar-refractivity contribution in [2.45, 2.75) is 5.41 Å². The number of nitrogens with one attached hydrogen (secondary N) is 1. The van der Waals surface area contributed by atoms with Gasteiger partial charge in [-0.15, -0.1) is 0 Å². The minimum Gasteiger partial charge on any atom is -0.271 e. The SMILES string of the molecule is [NH]C(=O)C(c1ccccc1)(c1ccccc1)c1ccccc1. The first-order chi connectivity index (χ1) is 10.8. The van der Waals surface area contributed by atoms with E-state index in [2.05, 4.69) is 0 Å². The minimum absolute atomic E-state index is 0.629. The average Bonchev–Trinajstić information content (AvgIpc) is 2.58. The second-order valence-electron chi connectivity index (χ2n) is 5.18. The Labute approximate surface area is 130 Å². The van der Waals surface area contributed by atoms with Gasteiger partial charge >= 0.3 is 0 Å². The summed E-state index contributed by atoms with van der Waals surface area (Å²) >= 11 is 0. The van der Waals surface area contributed by atoms with Crippen LogP contribution in [0.5, 0.6) is 0 Å². The van der Waals surface area contributed by atoms with Crippen LogP contribution in [0.25, 0.3) is 0 Å². The molecule has 22 heavy (non-hydrogen) atoms. The van der Waals surface area contributed by atoms with E-state index in [-0.39, 0.29) is 0 Å². The van der Waals surface area contributed by atoms with E-state index in [4.69, 9.17) is 5.73 Å². The molecule has 1 amide bonds. The van der Waals surface area contributed by atoms with Gasteiger partial charge in [0.1, 0.15) is 5.41 Å². The van der Waals surface area contributed by atoms with Crippen molar-refractivity contribution in [1.29, 1.82) is 0 Å². The highest BCUT2D eigenvalue weighted by atomic mass is 16.1. The van der Waals surface area contributed by atoms with Crippen LogP contribution in [0.2, 0.25) is 0 Å². The van der Waals surface area contributed by atoms with E-state index in [1.165, 1.54) is 0 Å². The van der Waals surface area contributed by atoms with E-state index in [1.807, 2.05) is 91.0 Å². The highest BCUT2D eigenvalue weighted by Gasteiger charge is 2.42. The molecule has 0 bridgehead atoms. The molecule has 107 valence electrons. The van der Waals surface area contributed by atoms with Gasteiger partial charge in [0.25, 0.3) is 5.91 Å². The van der Waals surface area contributed by atoms with Crippen LogP contribution < -0.4 is 5.73 Å². The van der Waals surface area contributed by atoms with Crippen molar-refractivity contribution < 1.29 is 4.79 Å². The van der Waals surface area contributed by atoms with Crippen LogP contribution in [0.15, 0.2) is 91.0 Å². The van der Waals surface area contributed by atoms with E-state index in [0.717, 1.165) is 16.7 Å². The van der Waals surface area contributed by atoms with Crippen LogP contribution in [-0.2, 0) is 10.2 Å². The molecule has 0 aliphatic rings. The Balaban J connectivity index is 2.37. The Bertz CT molecular complexity index is 655. The molecule has 1 N–H and O–H groups in total. The van der Waals surface area contributed by atoms with E-state index in [9.17, 15) is 4.79 Å². The number of rotatable bonds is 4. The molecule has 2 nitrogen and oxygen atoms in total. The highest BCUT2D eigenvalue weighted by Crippen LogP contribution is 2.39. The summed E-state index contributed by atoms with van der Waals surface area (Å²) in [5, 5.41) is 0. The van der Waals surface area contributed by atoms with E-state index < -0.39 is 11.3 Å². The molecule has 0 unspecified atom stereocenters. The molecule has 0 atom stereocenters. The lowest BCUT2D eigenvalue weighted by molar-refractivity contribution is -0.121. The Kier molecular flexibility index (Phi) is 3.75.